The highest BCUT2D eigenvalue weighted by atomic mass is 35.5. The Morgan fingerprint density at radius 3 is 2.64 bits per heavy atom. The largest absolute Gasteiger partial charge is 0.331 e. The van der Waals surface area contributed by atoms with Gasteiger partial charge >= 0.3 is 0 Å². The third-order valence-corrected chi connectivity index (χ3v) is 4.69. The average molecular weight is 371 g/mol. The molecule has 0 saturated carbocycles. The Hall–Kier alpha value is -2.70. The molecule has 2 aromatic carbocycles. The Morgan fingerprint density at radius 1 is 1.16 bits per heavy atom. The number of rotatable bonds is 5. The van der Waals surface area contributed by atoms with E-state index in [1.165, 1.54) is 17.6 Å². The van der Waals surface area contributed by atoms with Crippen molar-refractivity contribution in [1.82, 2.24) is 10.4 Å². The molecule has 0 radical (unpaired) electrons. The van der Waals surface area contributed by atoms with E-state index in [2.05, 4.69) is 20.8 Å². The third kappa shape index (κ3) is 4.43. The van der Waals surface area contributed by atoms with Gasteiger partial charge in [-0.1, -0.05) is 59.3 Å². The predicted octanol–water partition coefficient (Wildman–Crippen LogP) is 4.61. The van der Waals surface area contributed by atoms with Crippen molar-refractivity contribution in [2.75, 3.05) is 5.32 Å². The van der Waals surface area contributed by atoms with Gasteiger partial charge in [0.1, 0.15) is 0 Å². The van der Waals surface area contributed by atoms with Crippen LogP contribution in [0.2, 0.25) is 5.15 Å². The van der Waals surface area contributed by atoms with Crippen LogP contribution in [0.25, 0.3) is 0 Å². The van der Waals surface area contributed by atoms with Gasteiger partial charge in [-0.25, -0.2) is 10.4 Å². The van der Waals surface area contributed by atoms with Crippen LogP contribution < -0.4 is 10.7 Å². The summed E-state index contributed by atoms with van der Waals surface area (Å²) >= 11 is 7.49. The van der Waals surface area contributed by atoms with Gasteiger partial charge < -0.3 is 5.32 Å². The molecule has 0 aliphatic heterocycles. The maximum atomic E-state index is 11.9. The van der Waals surface area contributed by atoms with E-state index >= 15 is 0 Å². The number of aromatic nitrogens is 1. The highest BCUT2D eigenvalue weighted by molar-refractivity contribution is 7.17. The fraction of sp³-hybridized carbons (Fsp3) is 0.0556. The number of nitrogens with zero attached hydrogens (tertiary/aromatic N) is 2. The summed E-state index contributed by atoms with van der Waals surface area (Å²) in [7, 11) is 0. The molecule has 0 bridgehead atoms. The number of anilines is 2. The first-order chi connectivity index (χ1) is 12.1. The summed E-state index contributed by atoms with van der Waals surface area (Å²) < 4.78 is 0. The number of hydrogen-bond donors (Lipinski definition) is 2. The summed E-state index contributed by atoms with van der Waals surface area (Å²) in [4.78, 5) is 16.9. The Balaban J connectivity index is 1.66. The van der Waals surface area contributed by atoms with Gasteiger partial charge in [-0.2, -0.15) is 5.10 Å². The maximum Gasteiger partial charge on any atom is 0.271 e. The van der Waals surface area contributed by atoms with Crippen molar-refractivity contribution < 1.29 is 4.79 Å². The number of nitrogens with one attached hydrogen (secondary N) is 2. The number of carbonyl (C=O) groups is 1. The molecular weight excluding hydrogens is 356 g/mol. The number of halogens is 1. The summed E-state index contributed by atoms with van der Waals surface area (Å²) in [5, 5.41) is 8.18. The van der Waals surface area contributed by atoms with E-state index in [9.17, 15) is 4.79 Å². The minimum atomic E-state index is -0.282. The predicted molar refractivity (Wildman–Crippen MR) is 103 cm³/mol. The molecule has 1 heterocycles. The summed E-state index contributed by atoms with van der Waals surface area (Å²) in [6.45, 7) is 2.01. The average Bonchev–Trinajstić information content (AvgIpc) is 2.97. The van der Waals surface area contributed by atoms with Crippen LogP contribution in [0.15, 0.2) is 59.7 Å². The molecule has 1 amide bonds. The summed E-state index contributed by atoms with van der Waals surface area (Å²) in [6.07, 6.45) is 1.49. The van der Waals surface area contributed by atoms with Crippen molar-refractivity contribution in [2.24, 2.45) is 5.10 Å². The highest BCUT2D eigenvalue weighted by Crippen LogP contribution is 2.28. The Bertz CT molecular complexity index is 908. The normalized spacial score (nSPS) is 10.8. The molecule has 7 heteroatoms. The van der Waals surface area contributed by atoms with E-state index in [0.717, 1.165) is 11.3 Å². The molecular formula is C18H15ClN4OS. The first kappa shape index (κ1) is 17.1. The fourth-order valence-corrected chi connectivity index (χ4v) is 3.12. The molecule has 2 N–H and O–H groups in total. The zero-order valence-electron chi connectivity index (χ0n) is 13.4. The molecule has 25 heavy (non-hydrogen) atoms. The number of aryl methyl sites for hydroxylation is 1. The second-order valence-electron chi connectivity index (χ2n) is 5.18. The van der Waals surface area contributed by atoms with Crippen LogP contribution in [0.4, 0.5) is 10.8 Å². The monoisotopic (exact) mass is 370 g/mol. The van der Waals surface area contributed by atoms with E-state index in [0.29, 0.717) is 20.7 Å². The van der Waals surface area contributed by atoms with Gasteiger partial charge in [-0.3, -0.25) is 4.79 Å². The van der Waals surface area contributed by atoms with E-state index < -0.39 is 0 Å². The molecule has 0 fully saturated rings. The van der Waals surface area contributed by atoms with E-state index in [4.69, 9.17) is 11.6 Å². The molecule has 0 aliphatic rings. The number of thiazole rings is 1. The number of carbonyl (C=O) groups excluding carboxylic acids is 1. The second-order valence-corrected chi connectivity index (χ2v) is 6.57. The molecule has 0 atom stereocenters. The van der Waals surface area contributed by atoms with Gasteiger partial charge in [0, 0.05) is 11.3 Å². The van der Waals surface area contributed by atoms with Gasteiger partial charge in [0.05, 0.1) is 11.1 Å². The first-order valence-corrected chi connectivity index (χ1v) is 8.70. The van der Waals surface area contributed by atoms with Crippen LogP contribution in [0, 0.1) is 6.92 Å². The highest BCUT2D eigenvalue weighted by Gasteiger charge is 2.09. The van der Waals surface area contributed by atoms with Crippen molar-refractivity contribution >= 4 is 45.9 Å². The molecule has 126 valence electrons. The van der Waals surface area contributed by atoms with Crippen molar-refractivity contribution in [3.8, 4) is 0 Å². The van der Waals surface area contributed by atoms with Crippen LogP contribution in [0.5, 0.6) is 0 Å². The molecule has 3 rings (SSSR count). The van der Waals surface area contributed by atoms with Gasteiger partial charge in [-0.15, -0.1) is 0 Å². The van der Waals surface area contributed by atoms with Crippen molar-refractivity contribution in [3.63, 3.8) is 0 Å². The van der Waals surface area contributed by atoms with Crippen LogP contribution in [0.1, 0.15) is 20.8 Å². The smallest absolute Gasteiger partial charge is 0.271 e. The Kier molecular flexibility index (Phi) is 5.42. The standard InChI is InChI=1S/C18H15ClN4OS/c1-12-7-5-6-10-14(12)21-18-22-16(19)15(25-18)11-20-23-17(24)13-8-3-2-4-9-13/h2-11H,1H3,(H,21,22)(H,23,24)/b20-11+. The Morgan fingerprint density at radius 2 is 1.88 bits per heavy atom. The number of hydrazone groups is 1. The van der Waals surface area contributed by atoms with Crippen LogP contribution >= 0.6 is 22.9 Å². The minimum Gasteiger partial charge on any atom is -0.331 e. The van der Waals surface area contributed by atoms with Gasteiger partial charge in [0.2, 0.25) is 0 Å². The fourth-order valence-electron chi connectivity index (χ4n) is 2.08. The van der Waals surface area contributed by atoms with Crippen LogP contribution in [-0.4, -0.2) is 17.1 Å². The molecule has 5 nitrogen and oxygen atoms in total. The Labute approximate surface area is 154 Å². The number of hydrogen-bond acceptors (Lipinski definition) is 5. The lowest BCUT2D eigenvalue weighted by Gasteiger charge is -2.05. The molecule has 1 aromatic heterocycles. The zero-order valence-corrected chi connectivity index (χ0v) is 14.9. The zero-order chi connectivity index (χ0) is 17.6. The van der Waals surface area contributed by atoms with E-state index in [1.54, 1.807) is 24.3 Å². The van der Waals surface area contributed by atoms with Crippen LogP contribution in [0.3, 0.4) is 0 Å². The lowest BCUT2D eigenvalue weighted by atomic mass is 10.2. The third-order valence-electron chi connectivity index (χ3n) is 3.38. The van der Waals surface area contributed by atoms with Crippen molar-refractivity contribution in [2.45, 2.75) is 6.92 Å². The number of amides is 1. The van der Waals surface area contributed by atoms with Gasteiger partial charge in [0.15, 0.2) is 10.3 Å². The number of benzene rings is 2. The van der Waals surface area contributed by atoms with Gasteiger partial charge in [-0.05, 0) is 30.7 Å². The maximum absolute atomic E-state index is 11.9. The summed E-state index contributed by atoms with van der Waals surface area (Å²) in [6, 6.07) is 16.8. The van der Waals surface area contributed by atoms with Crippen molar-refractivity contribution in [3.05, 3.63) is 75.8 Å². The quantitative estimate of drug-likeness (QED) is 0.509. The molecule has 0 unspecified atom stereocenters. The van der Waals surface area contributed by atoms with E-state index in [1.807, 2.05) is 37.3 Å². The van der Waals surface area contributed by atoms with E-state index in [-0.39, 0.29) is 5.91 Å². The lowest BCUT2D eigenvalue weighted by Crippen LogP contribution is -2.17. The second kappa shape index (κ2) is 7.92. The molecule has 0 aliphatic carbocycles. The number of para-hydroxylation sites is 1. The van der Waals surface area contributed by atoms with Crippen LogP contribution in [-0.2, 0) is 0 Å². The van der Waals surface area contributed by atoms with Crippen molar-refractivity contribution in [1.29, 1.82) is 0 Å². The summed E-state index contributed by atoms with van der Waals surface area (Å²) in [5.41, 5.74) is 5.09. The minimum absolute atomic E-state index is 0.282. The molecule has 3 aromatic rings. The first-order valence-electron chi connectivity index (χ1n) is 7.51. The lowest BCUT2D eigenvalue weighted by molar-refractivity contribution is 0.0955. The van der Waals surface area contributed by atoms with Gasteiger partial charge in [0.25, 0.3) is 5.91 Å². The molecule has 0 saturated heterocycles. The summed E-state index contributed by atoms with van der Waals surface area (Å²) in [5.74, 6) is -0.282. The molecule has 0 spiro atoms. The topological polar surface area (TPSA) is 66.4 Å². The SMILES string of the molecule is Cc1ccccc1Nc1nc(Cl)c(/C=N/NC(=O)c2ccccc2)s1.